The molecule has 2 nitrogen and oxygen atoms in total. The van der Waals surface area contributed by atoms with Crippen molar-refractivity contribution in [2.45, 2.75) is 57.3 Å². The van der Waals surface area contributed by atoms with Crippen LogP contribution in [0.5, 0.6) is 0 Å². The van der Waals surface area contributed by atoms with Gasteiger partial charge in [-0.1, -0.05) is 116 Å². The molecule has 1 aliphatic rings. The third-order valence-corrected chi connectivity index (χ3v) is 11.6. The summed E-state index contributed by atoms with van der Waals surface area (Å²) in [4.78, 5) is 0. The Bertz CT molecular complexity index is 1300. The molecule has 1 saturated carbocycles. The zero-order chi connectivity index (χ0) is 25.8. The molecule has 1 unspecified atom stereocenters. The standard InChI is InChI=1S/C33H37N2PS/c1-24(29-21-12-15-26-14-10-11-20-30(26)29)34-32(37)35-25(2)31-22-13-23-33(31,3)36(27-16-6-4-7-17-27)28-18-8-5-9-19-28/h4-12,14-21,24-25,31H,13,22-23H2,1-3H3,(H2,34,35,37)/t24-,25-,31+,33?/m1/s1. The maximum atomic E-state index is 5.88. The highest BCUT2D eigenvalue weighted by atomic mass is 32.1. The number of thiocarbonyl (C=S) groups is 1. The summed E-state index contributed by atoms with van der Waals surface area (Å²) in [5, 5.41) is 13.7. The van der Waals surface area contributed by atoms with Crippen molar-refractivity contribution in [3.63, 3.8) is 0 Å². The van der Waals surface area contributed by atoms with Gasteiger partial charge in [-0.2, -0.15) is 0 Å². The Morgan fingerprint density at radius 1 is 0.811 bits per heavy atom. The third kappa shape index (κ3) is 5.44. The van der Waals surface area contributed by atoms with Crippen LogP contribution in [0.4, 0.5) is 0 Å². The SMILES string of the molecule is C[C@@H](NC(=S)N[C@H](C)[C@@H]1CCCC1(C)P(c1ccccc1)c1ccccc1)c1cccc2ccccc12. The van der Waals surface area contributed by atoms with Gasteiger partial charge in [0.1, 0.15) is 0 Å². The quantitative estimate of drug-likeness (QED) is 0.194. The Morgan fingerprint density at radius 2 is 1.41 bits per heavy atom. The van der Waals surface area contributed by atoms with E-state index in [2.05, 4.69) is 135 Å². The predicted molar refractivity (Wildman–Crippen MR) is 166 cm³/mol. The first-order valence-electron chi connectivity index (χ1n) is 13.4. The molecule has 0 radical (unpaired) electrons. The van der Waals surface area contributed by atoms with Gasteiger partial charge in [-0.05, 0) is 79.7 Å². The van der Waals surface area contributed by atoms with E-state index in [1.807, 2.05) is 0 Å². The van der Waals surface area contributed by atoms with Gasteiger partial charge in [0, 0.05) is 11.2 Å². The van der Waals surface area contributed by atoms with Gasteiger partial charge >= 0.3 is 0 Å². The lowest BCUT2D eigenvalue weighted by molar-refractivity contribution is 0.365. The van der Waals surface area contributed by atoms with E-state index in [9.17, 15) is 0 Å². The molecule has 4 aromatic carbocycles. The summed E-state index contributed by atoms with van der Waals surface area (Å²) in [7, 11) is -0.507. The lowest BCUT2D eigenvalue weighted by atomic mass is 9.90. The highest BCUT2D eigenvalue weighted by Gasteiger charge is 2.48. The van der Waals surface area contributed by atoms with Crippen LogP contribution in [0.1, 0.15) is 51.6 Å². The van der Waals surface area contributed by atoms with E-state index in [4.69, 9.17) is 12.2 Å². The molecule has 1 fully saturated rings. The first-order chi connectivity index (χ1) is 18.0. The molecule has 2 N–H and O–H groups in total. The van der Waals surface area contributed by atoms with E-state index in [1.165, 1.54) is 46.2 Å². The van der Waals surface area contributed by atoms with E-state index in [1.54, 1.807) is 0 Å². The van der Waals surface area contributed by atoms with Crippen LogP contribution in [0.2, 0.25) is 0 Å². The highest BCUT2D eigenvalue weighted by molar-refractivity contribution is 7.80. The van der Waals surface area contributed by atoms with Crippen LogP contribution >= 0.6 is 20.1 Å². The number of nitrogens with one attached hydrogen (secondary N) is 2. The second-order valence-corrected chi connectivity index (χ2v) is 13.7. The summed E-state index contributed by atoms with van der Waals surface area (Å²) in [6, 6.07) is 37.8. The van der Waals surface area contributed by atoms with Crippen LogP contribution < -0.4 is 21.2 Å². The topological polar surface area (TPSA) is 24.1 Å². The summed E-state index contributed by atoms with van der Waals surface area (Å²) >= 11 is 5.88. The molecule has 37 heavy (non-hydrogen) atoms. The van der Waals surface area contributed by atoms with Crippen LogP contribution in [0.3, 0.4) is 0 Å². The molecule has 0 aliphatic heterocycles. The minimum Gasteiger partial charge on any atom is -0.360 e. The molecule has 190 valence electrons. The zero-order valence-corrected chi connectivity index (χ0v) is 23.7. The fraction of sp³-hybridized carbons (Fsp3) is 0.303. The molecular weight excluding hydrogens is 487 g/mol. The Balaban J connectivity index is 1.35. The van der Waals surface area contributed by atoms with Crippen molar-refractivity contribution in [3.8, 4) is 0 Å². The minimum absolute atomic E-state index is 0.124. The van der Waals surface area contributed by atoms with Crippen molar-refractivity contribution in [1.29, 1.82) is 0 Å². The minimum atomic E-state index is -0.507. The zero-order valence-electron chi connectivity index (χ0n) is 22.0. The lowest BCUT2D eigenvalue weighted by Crippen LogP contribution is -2.49. The van der Waals surface area contributed by atoms with Gasteiger partial charge in [0.2, 0.25) is 0 Å². The predicted octanol–water partition coefficient (Wildman–Crippen LogP) is 7.45. The molecule has 0 aromatic heterocycles. The summed E-state index contributed by atoms with van der Waals surface area (Å²) in [5.41, 5.74) is 1.28. The Kier molecular flexibility index (Phi) is 7.93. The molecule has 0 amide bonds. The average molecular weight is 525 g/mol. The Labute approximate surface area is 228 Å². The Hall–Kier alpha value is -2.74. The number of benzene rings is 4. The monoisotopic (exact) mass is 524 g/mol. The van der Waals surface area contributed by atoms with E-state index in [0.29, 0.717) is 5.92 Å². The van der Waals surface area contributed by atoms with Crippen molar-refractivity contribution in [3.05, 3.63) is 109 Å². The lowest BCUT2D eigenvalue weighted by Gasteiger charge is -2.43. The first kappa shape index (κ1) is 25.9. The summed E-state index contributed by atoms with van der Waals surface area (Å²) in [5.74, 6) is 0.534. The smallest absolute Gasteiger partial charge is 0.166 e. The summed E-state index contributed by atoms with van der Waals surface area (Å²) < 4.78 is 0. The van der Waals surface area contributed by atoms with E-state index < -0.39 is 7.92 Å². The van der Waals surface area contributed by atoms with E-state index >= 15 is 0 Å². The van der Waals surface area contributed by atoms with E-state index in [-0.39, 0.29) is 17.2 Å². The van der Waals surface area contributed by atoms with Gasteiger partial charge in [-0.25, -0.2) is 0 Å². The molecule has 5 rings (SSSR count). The van der Waals surface area contributed by atoms with E-state index in [0.717, 1.165) is 5.11 Å². The molecule has 4 atom stereocenters. The van der Waals surface area contributed by atoms with Crippen LogP contribution in [0.15, 0.2) is 103 Å². The second-order valence-electron chi connectivity index (χ2n) is 10.6. The van der Waals surface area contributed by atoms with Crippen LogP contribution in [-0.2, 0) is 0 Å². The van der Waals surface area contributed by atoms with Gasteiger partial charge in [-0.3, -0.25) is 0 Å². The Morgan fingerprint density at radius 3 is 2.08 bits per heavy atom. The summed E-state index contributed by atoms with van der Waals surface area (Å²) in [6.45, 7) is 7.06. The molecule has 1 aliphatic carbocycles. The number of fused-ring (bicyclic) bond motifs is 1. The molecule has 4 aromatic rings. The molecule has 0 heterocycles. The first-order valence-corrected chi connectivity index (χ1v) is 15.2. The van der Waals surface area contributed by atoms with Crippen molar-refractivity contribution in [1.82, 2.24) is 10.6 Å². The maximum absolute atomic E-state index is 5.88. The molecular formula is C33H37N2PS. The number of hydrogen-bond acceptors (Lipinski definition) is 1. The fourth-order valence-electron chi connectivity index (χ4n) is 6.39. The van der Waals surface area contributed by atoms with Gasteiger partial charge in [0.05, 0.1) is 6.04 Å². The van der Waals surface area contributed by atoms with Crippen molar-refractivity contribution in [2.75, 3.05) is 0 Å². The second kappa shape index (κ2) is 11.3. The third-order valence-electron chi connectivity index (χ3n) is 8.14. The highest BCUT2D eigenvalue weighted by Crippen LogP contribution is 2.59. The van der Waals surface area contributed by atoms with Crippen molar-refractivity contribution >= 4 is 46.6 Å². The molecule has 0 saturated heterocycles. The van der Waals surface area contributed by atoms with Gasteiger partial charge in [0.25, 0.3) is 0 Å². The largest absolute Gasteiger partial charge is 0.360 e. The van der Waals surface area contributed by atoms with Crippen molar-refractivity contribution < 1.29 is 0 Å². The van der Waals surface area contributed by atoms with Crippen LogP contribution in [0, 0.1) is 5.92 Å². The average Bonchev–Trinajstić information content (AvgIpc) is 3.31. The number of rotatable bonds is 7. The normalized spacial score (nSPS) is 21.0. The van der Waals surface area contributed by atoms with Gasteiger partial charge in [-0.15, -0.1) is 0 Å². The maximum Gasteiger partial charge on any atom is 0.166 e. The van der Waals surface area contributed by atoms with Crippen LogP contribution in [-0.4, -0.2) is 16.3 Å². The molecule has 0 bridgehead atoms. The van der Waals surface area contributed by atoms with Gasteiger partial charge in [0.15, 0.2) is 5.11 Å². The van der Waals surface area contributed by atoms with Gasteiger partial charge < -0.3 is 10.6 Å². The van der Waals surface area contributed by atoms with Crippen molar-refractivity contribution in [2.24, 2.45) is 5.92 Å². The summed E-state index contributed by atoms with van der Waals surface area (Å²) in [6.07, 6.45) is 3.73. The van der Waals surface area contributed by atoms with Crippen LogP contribution in [0.25, 0.3) is 10.8 Å². The molecule has 0 spiro atoms. The fourth-order valence-corrected chi connectivity index (χ4v) is 10.2. The number of hydrogen-bond donors (Lipinski definition) is 2. The molecule has 4 heteroatoms.